The predicted octanol–water partition coefficient (Wildman–Crippen LogP) is 1.74. The second-order valence-electron chi connectivity index (χ2n) is 3.95. The van der Waals surface area contributed by atoms with Crippen LogP contribution in [0.1, 0.15) is 27.2 Å². The lowest BCUT2D eigenvalue weighted by molar-refractivity contribution is 0.340. The average molecular weight is 240 g/mol. The third-order valence-electron chi connectivity index (χ3n) is 2.81. The number of nitrogens with one attached hydrogen (secondary N) is 1. The van der Waals surface area contributed by atoms with Crippen LogP contribution in [0, 0.1) is 5.92 Å². The minimum Gasteiger partial charge on any atom is -0.467 e. The molecule has 6 heteroatoms. The van der Waals surface area contributed by atoms with E-state index >= 15 is 0 Å². The number of rotatable bonds is 6. The van der Waals surface area contributed by atoms with Gasteiger partial charge in [-0.3, -0.25) is 0 Å². The molecule has 1 N–H and O–H groups in total. The van der Waals surface area contributed by atoms with Crippen LogP contribution < -0.4 is 14.8 Å². The van der Waals surface area contributed by atoms with Gasteiger partial charge in [0.25, 0.3) is 0 Å². The van der Waals surface area contributed by atoms with Gasteiger partial charge in [-0.05, 0) is 12.8 Å². The molecule has 0 saturated heterocycles. The highest BCUT2D eigenvalue weighted by atomic mass is 16.5. The molecule has 0 fully saturated rings. The summed E-state index contributed by atoms with van der Waals surface area (Å²) in [6, 6.07) is 0.767. The van der Waals surface area contributed by atoms with E-state index in [4.69, 9.17) is 9.47 Å². The van der Waals surface area contributed by atoms with Crippen LogP contribution in [-0.4, -0.2) is 35.2 Å². The monoisotopic (exact) mass is 240 g/mol. The molecule has 17 heavy (non-hydrogen) atoms. The number of hydrogen-bond donors (Lipinski definition) is 1. The van der Waals surface area contributed by atoms with E-state index in [9.17, 15) is 0 Å². The number of methoxy groups -OCH3 is 2. The molecule has 0 spiro atoms. The largest absolute Gasteiger partial charge is 0.467 e. The number of ether oxygens (including phenoxy) is 2. The van der Waals surface area contributed by atoms with Gasteiger partial charge in [0.1, 0.15) is 0 Å². The molecular weight excluding hydrogens is 220 g/mol. The lowest BCUT2D eigenvalue weighted by Crippen LogP contribution is -2.24. The quantitative estimate of drug-likeness (QED) is 0.816. The molecule has 0 amide bonds. The molecule has 2 atom stereocenters. The summed E-state index contributed by atoms with van der Waals surface area (Å²) in [6.07, 6.45) is 1.09. The van der Waals surface area contributed by atoms with Crippen molar-refractivity contribution in [3.8, 4) is 12.0 Å². The maximum absolute atomic E-state index is 4.98. The molecule has 0 radical (unpaired) electrons. The number of anilines is 1. The Balaban J connectivity index is 2.82. The predicted molar refractivity (Wildman–Crippen MR) is 65.5 cm³/mol. The van der Waals surface area contributed by atoms with E-state index in [0.717, 1.165) is 6.42 Å². The van der Waals surface area contributed by atoms with Crippen LogP contribution in [0.3, 0.4) is 0 Å². The molecule has 0 aliphatic carbocycles. The molecule has 0 saturated carbocycles. The fourth-order valence-corrected chi connectivity index (χ4v) is 1.28. The van der Waals surface area contributed by atoms with Crippen LogP contribution in [0.5, 0.6) is 12.0 Å². The fourth-order valence-electron chi connectivity index (χ4n) is 1.28. The molecule has 6 nitrogen and oxygen atoms in total. The van der Waals surface area contributed by atoms with Gasteiger partial charge in [-0.1, -0.05) is 20.3 Å². The highest BCUT2D eigenvalue weighted by Crippen LogP contribution is 2.16. The van der Waals surface area contributed by atoms with Gasteiger partial charge in [-0.25, -0.2) is 0 Å². The summed E-state index contributed by atoms with van der Waals surface area (Å²) in [6.45, 7) is 6.42. The summed E-state index contributed by atoms with van der Waals surface area (Å²) in [4.78, 5) is 12.2. The van der Waals surface area contributed by atoms with Crippen LogP contribution in [0.25, 0.3) is 0 Å². The van der Waals surface area contributed by atoms with Crippen molar-refractivity contribution < 1.29 is 9.47 Å². The van der Waals surface area contributed by atoms with E-state index < -0.39 is 0 Å². The first-order chi connectivity index (χ1) is 8.10. The Morgan fingerprint density at radius 3 is 2.00 bits per heavy atom. The molecule has 2 unspecified atom stereocenters. The standard InChI is InChI=1S/C11H20N4O2/c1-6-7(2)8(3)12-9-13-10(16-4)15-11(14-9)17-5/h7-8H,6H2,1-5H3,(H,12,13,14,15). The molecule has 0 aliphatic rings. The Morgan fingerprint density at radius 1 is 1.06 bits per heavy atom. The maximum atomic E-state index is 4.98. The van der Waals surface area contributed by atoms with Crippen LogP contribution in [0.15, 0.2) is 0 Å². The van der Waals surface area contributed by atoms with Gasteiger partial charge in [-0.15, -0.1) is 4.98 Å². The molecule has 1 aromatic heterocycles. The maximum Gasteiger partial charge on any atom is 0.324 e. The van der Waals surface area contributed by atoms with Gasteiger partial charge in [0, 0.05) is 6.04 Å². The smallest absolute Gasteiger partial charge is 0.324 e. The first-order valence-electron chi connectivity index (χ1n) is 5.71. The number of aromatic nitrogens is 3. The van der Waals surface area contributed by atoms with Crippen LogP contribution in [-0.2, 0) is 0 Å². The van der Waals surface area contributed by atoms with Crippen LogP contribution in [0.4, 0.5) is 5.95 Å². The first-order valence-corrected chi connectivity index (χ1v) is 5.71. The highest BCUT2D eigenvalue weighted by Gasteiger charge is 2.13. The Hall–Kier alpha value is -1.59. The summed E-state index contributed by atoms with van der Waals surface area (Å²) in [5.41, 5.74) is 0. The zero-order valence-corrected chi connectivity index (χ0v) is 11.0. The molecule has 0 aliphatic heterocycles. The fraction of sp³-hybridized carbons (Fsp3) is 0.727. The Morgan fingerprint density at radius 2 is 1.59 bits per heavy atom. The topological polar surface area (TPSA) is 69.2 Å². The summed E-state index contributed by atoms with van der Waals surface area (Å²) in [7, 11) is 3.02. The summed E-state index contributed by atoms with van der Waals surface area (Å²) in [5, 5.41) is 3.22. The zero-order valence-electron chi connectivity index (χ0n) is 11.0. The molecular formula is C11H20N4O2. The van der Waals surface area contributed by atoms with Gasteiger partial charge in [-0.2, -0.15) is 9.97 Å². The summed E-state index contributed by atoms with van der Waals surface area (Å²) in [5.74, 6) is 1.00. The van der Waals surface area contributed by atoms with Crippen molar-refractivity contribution in [1.82, 2.24) is 15.0 Å². The molecule has 1 heterocycles. The lowest BCUT2D eigenvalue weighted by atomic mass is 10.0. The van der Waals surface area contributed by atoms with Crippen molar-refractivity contribution in [3.05, 3.63) is 0 Å². The molecule has 1 rings (SSSR count). The van der Waals surface area contributed by atoms with Gasteiger partial charge in [0.05, 0.1) is 14.2 Å². The highest BCUT2D eigenvalue weighted by molar-refractivity contribution is 5.28. The van der Waals surface area contributed by atoms with E-state index in [-0.39, 0.29) is 18.1 Å². The van der Waals surface area contributed by atoms with E-state index in [0.29, 0.717) is 11.9 Å². The molecule has 1 aromatic rings. The van der Waals surface area contributed by atoms with Crippen molar-refractivity contribution >= 4 is 5.95 Å². The minimum absolute atomic E-state index is 0.246. The minimum atomic E-state index is 0.246. The number of hydrogen-bond acceptors (Lipinski definition) is 6. The van der Waals surface area contributed by atoms with Gasteiger partial charge < -0.3 is 14.8 Å². The van der Waals surface area contributed by atoms with Crippen molar-refractivity contribution in [2.24, 2.45) is 5.92 Å². The molecule has 0 bridgehead atoms. The van der Waals surface area contributed by atoms with Crippen molar-refractivity contribution in [2.75, 3.05) is 19.5 Å². The Labute approximate surface area is 102 Å². The number of nitrogens with zero attached hydrogens (tertiary/aromatic N) is 3. The molecule has 0 aromatic carbocycles. The van der Waals surface area contributed by atoms with Gasteiger partial charge >= 0.3 is 12.0 Å². The lowest BCUT2D eigenvalue weighted by Gasteiger charge is -2.19. The zero-order chi connectivity index (χ0) is 12.8. The van der Waals surface area contributed by atoms with Gasteiger partial charge in [0.2, 0.25) is 5.95 Å². The second kappa shape index (κ2) is 6.22. The normalized spacial score (nSPS) is 13.9. The van der Waals surface area contributed by atoms with Crippen molar-refractivity contribution in [3.63, 3.8) is 0 Å². The average Bonchev–Trinajstić information content (AvgIpc) is 2.36. The van der Waals surface area contributed by atoms with E-state index in [2.05, 4.69) is 41.0 Å². The van der Waals surface area contributed by atoms with E-state index in [1.54, 1.807) is 0 Å². The van der Waals surface area contributed by atoms with E-state index in [1.165, 1.54) is 14.2 Å². The van der Waals surface area contributed by atoms with Crippen LogP contribution >= 0.6 is 0 Å². The van der Waals surface area contributed by atoms with Crippen molar-refractivity contribution in [1.29, 1.82) is 0 Å². The summed E-state index contributed by atoms with van der Waals surface area (Å²) >= 11 is 0. The van der Waals surface area contributed by atoms with Crippen LogP contribution in [0.2, 0.25) is 0 Å². The van der Waals surface area contributed by atoms with Crippen molar-refractivity contribution in [2.45, 2.75) is 33.2 Å². The second-order valence-corrected chi connectivity index (χ2v) is 3.95. The SMILES string of the molecule is CCC(C)C(C)Nc1nc(OC)nc(OC)n1. The first kappa shape index (κ1) is 13.5. The Kier molecular flexibility index (Phi) is 4.93. The van der Waals surface area contributed by atoms with E-state index in [1.807, 2.05) is 0 Å². The third-order valence-corrected chi connectivity index (χ3v) is 2.81. The summed E-state index contributed by atoms with van der Waals surface area (Å²) < 4.78 is 9.97. The Bertz CT molecular complexity index is 337. The third kappa shape index (κ3) is 3.72. The molecule has 96 valence electrons. The van der Waals surface area contributed by atoms with Gasteiger partial charge in [0.15, 0.2) is 0 Å².